The molecule has 0 radical (unpaired) electrons. The summed E-state index contributed by atoms with van der Waals surface area (Å²) in [5, 5.41) is 0. The van der Waals surface area contributed by atoms with E-state index >= 15 is 0 Å². The number of H-pyrrole nitrogens is 1. The average Bonchev–Trinajstić information content (AvgIpc) is 2.67. The van der Waals surface area contributed by atoms with Gasteiger partial charge in [-0.15, -0.1) is 0 Å². The minimum absolute atomic E-state index is 0.612. The molecule has 0 spiro atoms. The summed E-state index contributed by atoms with van der Waals surface area (Å²) in [6, 6.07) is 11.9. The van der Waals surface area contributed by atoms with Crippen LogP contribution in [0.5, 0.6) is 0 Å². The predicted octanol–water partition coefficient (Wildman–Crippen LogP) is 2.80. The van der Waals surface area contributed by atoms with Gasteiger partial charge in [0.2, 0.25) is 0 Å². The highest BCUT2D eigenvalue weighted by Gasteiger charge is 1.99. The van der Waals surface area contributed by atoms with Gasteiger partial charge in [0, 0.05) is 5.69 Å². The number of aromatic amines is 1. The summed E-state index contributed by atoms with van der Waals surface area (Å²) in [5.41, 5.74) is 3.92. The van der Waals surface area contributed by atoms with Gasteiger partial charge >= 0.3 is 0 Å². The van der Waals surface area contributed by atoms with Crippen LogP contribution in [0.15, 0.2) is 36.4 Å². The van der Waals surface area contributed by atoms with Crippen LogP contribution in [-0.4, -0.2) is 11.3 Å². The van der Waals surface area contributed by atoms with Crippen molar-refractivity contribution in [2.24, 2.45) is 0 Å². The van der Waals surface area contributed by atoms with Gasteiger partial charge in [-0.25, -0.2) is 0 Å². The standard InChI is InChI=1S/C12H11NO/c1-9-2-4-10(5-3-9)12-7-6-11(8-14)13-12/h2-8,13H,1H3. The van der Waals surface area contributed by atoms with Crippen molar-refractivity contribution >= 4 is 6.29 Å². The molecular weight excluding hydrogens is 174 g/mol. The minimum Gasteiger partial charge on any atom is -0.352 e. The van der Waals surface area contributed by atoms with Crippen molar-refractivity contribution < 1.29 is 4.79 Å². The largest absolute Gasteiger partial charge is 0.352 e. The molecule has 1 aromatic carbocycles. The molecule has 0 aliphatic heterocycles. The molecule has 1 aromatic heterocycles. The van der Waals surface area contributed by atoms with Gasteiger partial charge in [0.1, 0.15) is 0 Å². The van der Waals surface area contributed by atoms with E-state index in [4.69, 9.17) is 0 Å². The molecule has 2 heteroatoms. The van der Waals surface area contributed by atoms with E-state index in [1.807, 2.05) is 18.2 Å². The van der Waals surface area contributed by atoms with E-state index in [-0.39, 0.29) is 0 Å². The van der Waals surface area contributed by atoms with Gasteiger partial charge in [0.25, 0.3) is 0 Å². The maximum atomic E-state index is 10.5. The number of benzene rings is 1. The Morgan fingerprint density at radius 2 is 1.79 bits per heavy atom. The SMILES string of the molecule is Cc1ccc(-c2ccc(C=O)[nH]2)cc1. The molecule has 2 aromatic rings. The molecule has 1 heterocycles. The van der Waals surface area contributed by atoms with Gasteiger partial charge in [-0.05, 0) is 24.6 Å². The van der Waals surface area contributed by atoms with E-state index in [0.717, 1.165) is 17.5 Å². The molecule has 0 atom stereocenters. The summed E-state index contributed by atoms with van der Waals surface area (Å²) in [6.07, 6.45) is 0.817. The highest BCUT2D eigenvalue weighted by Crippen LogP contribution is 2.18. The van der Waals surface area contributed by atoms with Crippen molar-refractivity contribution in [2.75, 3.05) is 0 Å². The Morgan fingerprint density at radius 1 is 1.07 bits per heavy atom. The predicted molar refractivity (Wildman–Crippen MR) is 56.4 cm³/mol. The first kappa shape index (κ1) is 8.75. The first-order valence-corrected chi connectivity index (χ1v) is 4.51. The van der Waals surface area contributed by atoms with Crippen molar-refractivity contribution in [2.45, 2.75) is 6.92 Å². The Kier molecular flexibility index (Phi) is 2.19. The van der Waals surface area contributed by atoms with Gasteiger partial charge in [0.15, 0.2) is 6.29 Å². The van der Waals surface area contributed by atoms with Gasteiger partial charge in [-0.3, -0.25) is 4.79 Å². The molecule has 0 unspecified atom stereocenters. The molecule has 1 N–H and O–H groups in total. The molecule has 14 heavy (non-hydrogen) atoms. The quantitative estimate of drug-likeness (QED) is 0.717. The zero-order valence-electron chi connectivity index (χ0n) is 7.95. The lowest BCUT2D eigenvalue weighted by atomic mass is 10.1. The van der Waals surface area contributed by atoms with Crippen LogP contribution >= 0.6 is 0 Å². The third-order valence-corrected chi connectivity index (χ3v) is 2.20. The van der Waals surface area contributed by atoms with Crippen LogP contribution < -0.4 is 0 Å². The number of hydrogen-bond donors (Lipinski definition) is 1. The molecule has 0 saturated heterocycles. The molecule has 0 aliphatic rings. The second-order valence-corrected chi connectivity index (χ2v) is 3.31. The lowest BCUT2D eigenvalue weighted by Gasteiger charge is -1.98. The van der Waals surface area contributed by atoms with Crippen LogP contribution in [0.3, 0.4) is 0 Å². The number of aryl methyl sites for hydroxylation is 1. The van der Waals surface area contributed by atoms with E-state index in [1.165, 1.54) is 5.56 Å². The first-order chi connectivity index (χ1) is 6.79. The zero-order valence-corrected chi connectivity index (χ0v) is 7.95. The Morgan fingerprint density at radius 3 is 2.36 bits per heavy atom. The Bertz CT molecular complexity index is 440. The van der Waals surface area contributed by atoms with E-state index < -0.39 is 0 Å². The van der Waals surface area contributed by atoms with Gasteiger partial charge in [-0.1, -0.05) is 29.8 Å². The number of aromatic nitrogens is 1. The van der Waals surface area contributed by atoms with E-state index in [1.54, 1.807) is 6.07 Å². The second kappa shape index (κ2) is 3.50. The molecule has 70 valence electrons. The fourth-order valence-electron chi connectivity index (χ4n) is 1.38. The van der Waals surface area contributed by atoms with Crippen LogP contribution in [0.4, 0.5) is 0 Å². The molecular formula is C12H11NO. The summed E-state index contributed by atoms with van der Waals surface area (Å²) >= 11 is 0. The lowest BCUT2D eigenvalue weighted by molar-refractivity contribution is 0.111. The van der Waals surface area contributed by atoms with E-state index in [2.05, 4.69) is 24.0 Å². The third-order valence-electron chi connectivity index (χ3n) is 2.20. The normalized spacial score (nSPS) is 10.1. The number of carbonyl (C=O) groups is 1. The van der Waals surface area contributed by atoms with E-state index in [0.29, 0.717) is 5.69 Å². The Balaban J connectivity index is 2.39. The molecule has 2 rings (SSSR count). The van der Waals surface area contributed by atoms with Crippen LogP contribution in [0.2, 0.25) is 0 Å². The molecule has 0 bridgehead atoms. The van der Waals surface area contributed by atoms with Crippen molar-refractivity contribution in [1.82, 2.24) is 4.98 Å². The fraction of sp³-hybridized carbons (Fsp3) is 0.0833. The van der Waals surface area contributed by atoms with Crippen LogP contribution in [0.1, 0.15) is 16.1 Å². The summed E-state index contributed by atoms with van der Waals surface area (Å²) in [5.74, 6) is 0. The second-order valence-electron chi connectivity index (χ2n) is 3.31. The van der Waals surface area contributed by atoms with Crippen LogP contribution in [0, 0.1) is 6.92 Å². The monoisotopic (exact) mass is 185 g/mol. The summed E-state index contributed by atoms with van der Waals surface area (Å²) in [6.45, 7) is 2.05. The Hall–Kier alpha value is -1.83. The van der Waals surface area contributed by atoms with Crippen molar-refractivity contribution in [3.05, 3.63) is 47.7 Å². The third kappa shape index (κ3) is 1.59. The fourth-order valence-corrected chi connectivity index (χ4v) is 1.38. The van der Waals surface area contributed by atoms with Gasteiger partial charge in [0.05, 0.1) is 5.69 Å². The molecule has 0 aliphatic carbocycles. The van der Waals surface area contributed by atoms with Crippen molar-refractivity contribution in [1.29, 1.82) is 0 Å². The Labute approximate surface area is 82.6 Å². The number of nitrogens with one attached hydrogen (secondary N) is 1. The summed E-state index contributed by atoms with van der Waals surface area (Å²) < 4.78 is 0. The number of rotatable bonds is 2. The first-order valence-electron chi connectivity index (χ1n) is 4.51. The maximum absolute atomic E-state index is 10.5. The minimum atomic E-state index is 0.612. The molecule has 0 fully saturated rings. The van der Waals surface area contributed by atoms with Crippen LogP contribution in [0.25, 0.3) is 11.3 Å². The highest BCUT2D eigenvalue weighted by molar-refractivity contribution is 5.75. The van der Waals surface area contributed by atoms with Crippen LogP contribution in [-0.2, 0) is 0 Å². The summed E-state index contributed by atoms with van der Waals surface area (Å²) in [4.78, 5) is 13.5. The van der Waals surface area contributed by atoms with Gasteiger partial charge < -0.3 is 4.98 Å². The molecule has 0 saturated carbocycles. The van der Waals surface area contributed by atoms with Gasteiger partial charge in [-0.2, -0.15) is 0 Å². The number of carbonyl (C=O) groups excluding carboxylic acids is 1. The zero-order chi connectivity index (χ0) is 9.97. The van der Waals surface area contributed by atoms with Crippen molar-refractivity contribution in [3.63, 3.8) is 0 Å². The number of aldehydes is 1. The van der Waals surface area contributed by atoms with Crippen molar-refractivity contribution in [3.8, 4) is 11.3 Å². The number of hydrogen-bond acceptors (Lipinski definition) is 1. The highest BCUT2D eigenvalue weighted by atomic mass is 16.1. The van der Waals surface area contributed by atoms with E-state index in [9.17, 15) is 4.79 Å². The smallest absolute Gasteiger partial charge is 0.166 e. The molecule has 0 amide bonds. The molecule has 2 nitrogen and oxygen atoms in total. The summed E-state index contributed by atoms with van der Waals surface area (Å²) in [7, 11) is 0. The lowest BCUT2D eigenvalue weighted by Crippen LogP contribution is -1.80. The topological polar surface area (TPSA) is 32.9 Å². The average molecular weight is 185 g/mol. The maximum Gasteiger partial charge on any atom is 0.166 e.